The SMILES string of the molecule is O=S(=O)(NC1CCCCC1)c1c(F)cc(F)cc1Br. The summed E-state index contributed by atoms with van der Waals surface area (Å²) in [7, 11) is -3.98. The van der Waals surface area contributed by atoms with Crippen molar-refractivity contribution < 1.29 is 17.2 Å². The Bertz CT molecular complexity index is 548. The van der Waals surface area contributed by atoms with Crippen LogP contribution < -0.4 is 4.72 Å². The standard InChI is InChI=1S/C12H14BrF2NO2S/c13-10-6-8(14)7-11(15)12(10)19(17,18)16-9-4-2-1-3-5-9/h6-7,9,16H,1-5H2. The van der Waals surface area contributed by atoms with Crippen LogP contribution in [0.5, 0.6) is 0 Å². The van der Waals surface area contributed by atoms with Crippen molar-refractivity contribution in [3.63, 3.8) is 0 Å². The Kier molecular flexibility index (Phi) is 4.58. The highest BCUT2D eigenvalue weighted by atomic mass is 79.9. The highest BCUT2D eigenvalue weighted by Gasteiger charge is 2.27. The van der Waals surface area contributed by atoms with Gasteiger partial charge >= 0.3 is 0 Å². The summed E-state index contributed by atoms with van der Waals surface area (Å²) in [6, 6.07) is 1.34. The van der Waals surface area contributed by atoms with E-state index < -0.39 is 26.6 Å². The molecule has 1 fully saturated rings. The minimum atomic E-state index is -3.98. The van der Waals surface area contributed by atoms with E-state index in [0.29, 0.717) is 6.07 Å². The van der Waals surface area contributed by atoms with Crippen molar-refractivity contribution in [1.82, 2.24) is 4.72 Å². The molecular formula is C12H14BrF2NO2S. The Morgan fingerprint density at radius 2 is 1.79 bits per heavy atom. The largest absolute Gasteiger partial charge is 0.244 e. The number of halogens is 3. The second-order valence-corrected chi connectivity index (χ2v) is 7.16. The maximum absolute atomic E-state index is 13.7. The zero-order valence-electron chi connectivity index (χ0n) is 10.1. The maximum atomic E-state index is 13.7. The molecule has 0 heterocycles. The summed E-state index contributed by atoms with van der Waals surface area (Å²) in [5.41, 5.74) is 0. The first-order valence-corrected chi connectivity index (χ1v) is 8.34. The van der Waals surface area contributed by atoms with E-state index in [0.717, 1.165) is 38.2 Å². The summed E-state index contributed by atoms with van der Waals surface area (Å²) >= 11 is 2.90. The van der Waals surface area contributed by atoms with Crippen LogP contribution in [0.3, 0.4) is 0 Å². The predicted molar refractivity (Wildman–Crippen MR) is 71.3 cm³/mol. The Morgan fingerprint density at radius 3 is 2.37 bits per heavy atom. The minimum absolute atomic E-state index is 0.103. The van der Waals surface area contributed by atoms with Crippen molar-refractivity contribution in [3.05, 3.63) is 28.2 Å². The van der Waals surface area contributed by atoms with Crippen molar-refractivity contribution in [3.8, 4) is 0 Å². The van der Waals surface area contributed by atoms with E-state index in [1.807, 2.05) is 0 Å². The molecule has 0 saturated heterocycles. The second-order valence-electron chi connectivity index (χ2n) is 4.65. The Balaban J connectivity index is 2.29. The predicted octanol–water partition coefficient (Wildman–Crippen LogP) is 3.34. The van der Waals surface area contributed by atoms with E-state index in [1.165, 1.54) is 0 Å². The first kappa shape index (κ1) is 14.9. The van der Waals surface area contributed by atoms with E-state index in [9.17, 15) is 17.2 Å². The minimum Gasteiger partial charge on any atom is -0.208 e. The van der Waals surface area contributed by atoms with Crippen molar-refractivity contribution >= 4 is 26.0 Å². The van der Waals surface area contributed by atoms with Gasteiger partial charge in [0.1, 0.15) is 16.5 Å². The molecule has 0 atom stereocenters. The quantitative estimate of drug-likeness (QED) is 0.905. The second kappa shape index (κ2) is 5.85. The zero-order valence-corrected chi connectivity index (χ0v) is 12.5. The van der Waals surface area contributed by atoms with Crippen molar-refractivity contribution in [2.24, 2.45) is 0 Å². The monoisotopic (exact) mass is 353 g/mol. The number of rotatable bonds is 3. The molecule has 0 aliphatic heterocycles. The van der Waals surface area contributed by atoms with Crippen molar-refractivity contribution in [2.45, 2.75) is 43.0 Å². The fraction of sp³-hybridized carbons (Fsp3) is 0.500. The maximum Gasteiger partial charge on any atom is 0.244 e. The molecule has 19 heavy (non-hydrogen) atoms. The van der Waals surface area contributed by atoms with Gasteiger partial charge < -0.3 is 0 Å². The van der Waals surface area contributed by atoms with Crippen LogP contribution in [0.25, 0.3) is 0 Å². The lowest BCUT2D eigenvalue weighted by Crippen LogP contribution is -2.36. The van der Waals surface area contributed by atoms with Gasteiger partial charge in [-0.25, -0.2) is 21.9 Å². The summed E-state index contributed by atoms with van der Waals surface area (Å²) in [6.07, 6.45) is 4.51. The van der Waals surface area contributed by atoms with Gasteiger partial charge in [-0.2, -0.15) is 0 Å². The van der Waals surface area contributed by atoms with Crippen LogP contribution in [-0.4, -0.2) is 14.5 Å². The van der Waals surface area contributed by atoms with Gasteiger partial charge in [0.2, 0.25) is 10.0 Å². The number of nitrogens with one attached hydrogen (secondary N) is 1. The molecule has 0 amide bonds. The topological polar surface area (TPSA) is 46.2 Å². The molecule has 2 rings (SSSR count). The first-order chi connectivity index (χ1) is 8.90. The lowest BCUT2D eigenvalue weighted by molar-refractivity contribution is 0.411. The number of hydrogen-bond acceptors (Lipinski definition) is 2. The fourth-order valence-electron chi connectivity index (χ4n) is 2.28. The highest BCUT2D eigenvalue weighted by molar-refractivity contribution is 9.10. The molecule has 106 valence electrons. The normalized spacial score (nSPS) is 17.6. The van der Waals surface area contributed by atoms with E-state index in [2.05, 4.69) is 20.7 Å². The smallest absolute Gasteiger partial charge is 0.208 e. The Hall–Kier alpha value is -0.530. The van der Waals surface area contributed by atoms with Crippen LogP contribution in [0.4, 0.5) is 8.78 Å². The van der Waals surface area contributed by atoms with Crippen molar-refractivity contribution in [2.75, 3.05) is 0 Å². The molecular weight excluding hydrogens is 340 g/mol. The van der Waals surface area contributed by atoms with Gasteiger partial charge in [0, 0.05) is 16.6 Å². The average molecular weight is 354 g/mol. The van der Waals surface area contributed by atoms with Crippen LogP contribution in [-0.2, 0) is 10.0 Å². The summed E-state index contributed by atoms with van der Waals surface area (Å²) in [6.45, 7) is 0. The summed E-state index contributed by atoms with van der Waals surface area (Å²) in [4.78, 5) is -0.528. The van der Waals surface area contributed by atoms with Gasteiger partial charge in [-0.05, 0) is 34.8 Å². The van der Waals surface area contributed by atoms with Gasteiger partial charge in [0.25, 0.3) is 0 Å². The molecule has 1 saturated carbocycles. The third-order valence-electron chi connectivity index (χ3n) is 3.16. The Morgan fingerprint density at radius 1 is 1.16 bits per heavy atom. The average Bonchev–Trinajstić information content (AvgIpc) is 2.27. The summed E-state index contributed by atoms with van der Waals surface area (Å²) < 4.78 is 53.3. The van der Waals surface area contributed by atoms with Gasteiger partial charge in [-0.1, -0.05) is 19.3 Å². The van der Waals surface area contributed by atoms with Crippen LogP contribution in [0.1, 0.15) is 32.1 Å². The number of benzene rings is 1. The van der Waals surface area contributed by atoms with E-state index in [1.54, 1.807) is 0 Å². The molecule has 1 N–H and O–H groups in total. The number of sulfonamides is 1. The van der Waals surface area contributed by atoms with E-state index >= 15 is 0 Å². The molecule has 1 aliphatic rings. The molecule has 0 radical (unpaired) electrons. The molecule has 3 nitrogen and oxygen atoms in total. The molecule has 0 bridgehead atoms. The fourth-order valence-corrected chi connectivity index (χ4v) is 4.76. The summed E-state index contributed by atoms with van der Waals surface area (Å²) in [5, 5.41) is 0. The molecule has 0 aromatic heterocycles. The summed E-state index contributed by atoms with van der Waals surface area (Å²) in [5.74, 6) is -1.91. The molecule has 1 aliphatic carbocycles. The molecule has 7 heteroatoms. The highest BCUT2D eigenvalue weighted by Crippen LogP contribution is 2.27. The molecule has 1 aromatic rings. The molecule has 1 aromatic carbocycles. The molecule has 0 spiro atoms. The van der Waals surface area contributed by atoms with Gasteiger partial charge in [0.05, 0.1) is 0 Å². The van der Waals surface area contributed by atoms with E-state index in [4.69, 9.17) is 0 Å². The first-order valence-electron chi connectivity index (χ1n) is 6.07. The van der Waals surface area contributed by atoms with Crippen LogP contribution in [0.2, 0.25) is 0 Å². The lowest BCUT2D eigenvalue weighted by atomic mass is 9.96. The van der Waals surface area contributed by atoms with Gasteiger partial charge in [-0.3, -0.25) is 0 Å². The van der Waals surface area contributed by atoms with E-state index in [-0.39, 0.29) is 10.5 Å². The van der Waals surface area contributed by atoms with Crippen LogP contribution >= 0.6 is 15.9 Å². The third kappa shape index (κ3) is 3.52. The lowest BCUT2D eigenvalue weighted by Gasteiger charge is -2.23. The zero-order chi connectivity index (χ0) is 14.0. The van der Waals surface area contributed by atoms with Crippen molar-refractivity contribution in [1.29, 1.82) is 0 Å². The van der Waals surface area contributed by atoms with Crippen LogP contribution in [0.15, 0.2) is 21.5 Å². The molecule has 0 unspecified atom stereocenters. The Labute approximate surface area is 119 Å². The van der Waals surface area contributed by atoms with Gasteiger partial charge in [-0.15, -0.1) is 0 Å². The van der Waals surface area contributed by atoms with Crippen LogP contribution in [0, 0.1) is 11.6 Å². The number of hydrogen-bond donors (Lipinski definition) is 1. The third-order valence-corrected chi connectivity index (χ3v) is 5.64. The van der Waals surface area contributed by atoms with Gasteiger partial charge in [0.15, 0.2) is 0 Å².